The number of methoxy groups -OCH3 is 1. The molecule has 0 aliphatic rings. The fraction of sp³-hybridized carbons (Fsp3) is 0.182. The smallest absolute Gasteiger partial charge is 0.140 e. The summed E-state index contributed by atoms with van der Waals surface area (Å²) in [7, 11) is 1.69. The van der Waals surface area contributed by atoms with Gasteiger partial charge in [-0.1, -0.05) is 12.1 Å². The van der Waals surface area contributed by atoms with E-state index in [0.717, 1.165) is 45.8 Å². The molecule has 3 heterocycles. The minimum atomic E-state index is 0.601. The van der Waals surface area contributed by atoms with Crippen LogP contribution in [0.3, 0.4) is 0 Å². The van der Waals surface area contributed by atoms with Crippen molar-refractivity contribution in [3.63, 3.8) is 0 Å². The van der Waals surface area contributed by atoms with Gasteiger partial charge in [-0.15, -0.1) is 0 Å². The molecule has 142 valence electrons. The number of ether oxygens (including phenoxy) is 1. The highest BCUT2D eigenvalue weighted by atomic mass is 16.5. The van der Waals surface area contributed by atoms with E-state index in [0.29, 0.717) is 13.1 Å². The van der Waals surface area contributed by atoms with Crippen molar-refractivity contribution < 1.29 is 4.74 Å². The van der Waals surface area contributed by atoms with Crippen molar-refractivity contribution in [1.29, 1.82) is 0 Å². The number of rotatable bonds is 7. The minimum Gasteiger partial charge on any atom is -0.496 e. The van der Waals surface area contributed by atoms with Crippen molar-refractivity contribution in [2.24, 2.45) is 5.73 Å². The minimum absolute atomic E-state index is 0.601. The first kappa shape index (κ1) is 18.0. The Balaban J connectivity index is 1.76. The molecule has 0 spiro atoms. The monoisotopic (exact) mass is 373 g/mol. The maximum Gasteiger partial charge on any atom is 0.140 e. The lowest BCUT2D eigenvalue weighted by molar-refractivity contribution is 0.416. The van der Waals surface area contributed by atoms with Gasteiger partial charge in [-0.25, -0.2) is 4.98 Å². The summed E-state index contributed by atoms with van der Waals surface area (Å²) in [6, 6.07) is 16.2. The fourth-order valence-corrected chi connectivity index (χ4v) is 3.32. The van der Waals surface area contributed by atoms with Gasteiger partial charge in [0.1, 0.15) is 17.2 Å². The van der Waals surface area contributed by atoms with Gasteiger partial charge < -0.3 is 20.8 Å². The van der Waals surface area contributed by atoms with Gasteiger partial charge in [0, 0.05) is 28.9 Å². The van der Waals surface area contributed by atoms with Crippen LogP contribution in [0.25, 0.3) is 22.2 Å². The topological polar surface area (TPSA) is 88.8 Å². The van der Waals surface area contributed by atoms with E-state index in [4.69, 9.17) is 15.5 Å². The van der Waals surface area contributed by atoms with E-state index in [1.165, 1.54) is 5.56 Å². The third-order valence-corrected chi connectivity index (χ3v) is 4.69. The average molecular weight is 373 g/mol. The number of H-pyrrole nitrogens is 1. The highest BCUT2D eigenvalue weighted by molar-refractivity contribution is 5.96. The van der Waals surface area contributed by atoms with Crippen LogP contribution in [0.2, 0.25) is 0 Å². The number of nitrogens with zero attached hydrogens (tertiary/aromatic N) is 2. The van der Waals surface area contributed by atoms with Crippen LogP contribution in [0.4, 0.5) is 5.82 Å². The first-order chi connectivity index (χ1) is 13.8. The molecule has 0 bridgehead atoms. The molecule has 0 unspecified atom stereocenters. The van der Waals surface area contributed by atoms with Crippen LogP contribution in [0.1, 0.15) is 11.3 Å². The van der Waals surface area contributed by atoms with Gasteiger partial charge in [0.05, 0.1) is 19.3 Å². The van der Waals surface area contributed by atoms with E-state index in [-0.39, 0.29) is 0 Å². The molecule has 6 heteroatoms. The third kappa shape index (κ3) is 3.68. The van der Waals surface area contributed by atoms with Crippen LogP contribution >= 0.6 is 0 Å². The van der Waals surface area contributed by atoms with Crippen molar-refractivity contribution in [1.82, 2.24) is 15.0 Å². The molecular formula is C22H23N5O. The number of fused-ring (bicyclic) bond motifs is 1. The summed E-state index contributed by atoms with van der Waals surface area (Å²) in [4.78, 5) is 12.3. The second-order valence-corrected chi connectivity index (χ2v) is 6.54. The summed E-state index contributed by atoms with van der Waals surface area (Å²) in [6.45, 7) is 1.21. The van der Waals surface area contributed by atoms with Crippen LogP contribution in [-0.4, -0.2) is 28.6 Å². The number of nitrogens with two attached hydrogens (primary N) is 1. The molecule has 0 radical (unpaired) electrons. The molecule has 0 aliphatic carbocycles. The number of aromatic nitrogens is 3. The largest absolute Gasteiger partial charge is 0.496 e. The Morgan fingerprint density at radius 3 is 2.82 bits per heavy atom. The lowest BCUT2D eigenvalue weighted by atomic mass is 9.99. The Morgan fingerprint density at radius 1 is 1.11 bits per heavy atom. The average Bonchev–Trinajstić information content (AvgIpc) is 3.21. The number of pyridine rings is 2. The number of nitrogens with one attached hydrogen (secondary N) is 2. The number of hydrogen-bond acceptors (Lipinski definition) is 5. The molecule has 0 atom stereocenters. The van der Waals surface area contributed by atoms with Crippen molar-refractivity contribution in [3.8, 4) is 16.9 Å². The van der Waals surface area contributed by atoms with E-state index in [9.17, 15) is 0 Å². The molecule has 4 rings (SSSR count). The standard InChI is InChI=1S/C22H23N5O/c1-28-20-6-5-15(7-9-23)12-19(20)18-13-21(27-22-17(18)8-11-25-22)26-14-16-4-2-3-10-24-16/h2-6,8,10-13H,7,9,14,23H2,1H3,(H2,25,26,27). The molecule has 4 aromatic rings. The molecular weight excluding hydrogens is 350 g/mol. The molecule has 3 aromatic heterocycles. The van der Waals surface area contributed by atoms with E-state index < -0.39 is 0 Å². The van der Waals surface area contributed by atoms with Crippen molar-refractivity contribution in [3.05, 3.63) is 72.2 Å². The Morgan fingerprint density at radius 2 is 2.04 bits per heavy atom. The van der Waals surface area contributed by atoms with Crippen molar-refractivity contribution >= 4 is 16.9 Å². The van der Waals surface area contributed by atoms with Gasteiger partial charge in [-0.2, -0.15) is 0 Å². The quantitative estimate of drug-likeness (QED) is 0.459. The maximum absolute atomic E-state index is 5.75. The summed E-state index contributed by atoms with van der Waals surface area (Å²) < 4.78 is 5.64. The van der Waals surface area contributed by atoms with Crippen LogP contribution in [-0.2, 0) is 13.0 Å². The highest BCUT2D eigenvalue weighted by Crippen LogP contribution is 2.36. The normalized spacial score (nSPS) is 10.9. The second kappa shape index (κ2) is 8.10. The maximum atomic E-state index is 5.75. The molecule has 28 heavy (non-hydrogen) atoms. The van der Waals surface area contributed by atoms with Crippen LogP contribution in [0.5, 0.6) is 5.75 Å². The Hall–Kier alpha value is -3.38. The van der Waals surface area contributed by atoms with Crippen LogP contribution in [0.15, 0.2) is 60.9 Å². The van der Waals surface area contributed by atoms with Gasteiger partial charge in [0.15, 0.2) is 0 Å². The van der Waals surface area contributed by atoms with Crippen LogP contribution in [0, 0.1) is 0 Å². The van der Waals surface area contributed by atoms with E-state index in [2.05, 4.69) is 33.5 Å². The molecule has 6 nitrogen and oxygen atoms in total. The summed E-state index contributed by atoms with van der Waals surface area (Å²) in [5.74, 6) is 1.60. The van der Waals surface area contributed by atoms with Crippen molar-refractivity contribution in [2.45, 2.75) is 13.0 Å². The third-order valence-electron chi connectivity index (χ3n) is 4.69. The summed E-state index contributed by atoms with van der Waals surface area (Å²) in [5.41, 5.74) is 10.8. The molecule has 4 N–H and O–H groups in total. The predicted molar refractivity (Wildman–Crippen MR) is 112 cm³/mol. The zero-order valence-electron chi connectivity index (χ0n) is 15.8. The molecule has 0 saturated heterocycles. The van der Waals surface area contributed by atoms with Gasteiger partial charge in [0.25, 0.3) is 0 Å². The predicted octanol–water partition coefficient (Wildman–Crippen LogP) is 3.75. The fourth-order valence-electron chi connectivity index (χ4n) is 3.32. The summed E-state index contributed by atoms with van der Waals surface area (Å²) in [6.07, 6.45) is 4.51. The zero-order chi connectivity index (χ0) is 19.3. The highest BCUT2D eigenvalue weighted by Gasteiger charge is 2.14. The molecule has 0 aliphatic heterocycles. The molecule has 0 saturated carbocycles. The Labute approximate surface area is 163 Å². The van der Waals surface area contributed by atoms with Gasteiger partial charge in [0.2, 0.25) is 0 Å². The number of anilines is 1. The molecule has 0 amide bonds. The molecule has 1 aromatic carbocycles. The van der Waals surface area contributed by atoms with Crippen LogP contribution < -0.4 is 15.8 Å². The SMILES string of the molecule is COc1ccc(CCN)cc1-c1cc(NCc2ccccn2)nc2[nH]ccc12. The number of hydrogen-bond donors (Lipinski definition) is 3. The number of benzene rings is 1. The van der Waals surface area contributed by atoms with Gasteiger partial charge in [-0.3, -0.25) is 4.98 Å². The second-order valence-electron chi connectivity index (χ2n) is 6.54. The first-order valence-corrected chi connectivity index (χ1v) is 9.28. The summed E-state index contributed by atoms with van der Waals surface area (Å²) in [5, 5.41) is 4.42. The van der Waals surface area contributed by atoms with Gasteiger partial charge in [-0.05, 0) is 54.9 Å². The number of aromatic amines is 1. The summed E-state index contributed by atoms with van der Waals surface area (Å²) >= 11 is 0. The first-order valence-electron chi connectivity index (χ1n) is 9.28. The van der Waals surface area contributed by atoms with E-state index >= 15 is 0 Å². The zero-order valence-corrected chi connectivity index (χ0v) is 15.8. The lowest BCUT2D eigenvalue weighted by Gasteiger charge is -2.14. The van der Waals surface area contributed by atoms with Gasteiger partial charge >= 0.3 is 0 Å². The van der Waals surface area contributed by atoms with Crippen molar-refractivity contribution in [2.75, 3.05) is 19.0 Å². The Kier molecular flexibility index (Phi) is 5.21. The molecule has 0 fully saturated rings. The van der Waals surface area contributed by atoms with E-state index in [1.807, 2.05) is 36.5 Å². The lowest BCUT2D eigenvalue weighted by Crippen LogP contribution is -2.04. The Bertz CT molecular complexity index is 1070. The van der Waals surface area contributed by atoms with E-state index in [1.54, 1.807) is 13.3 Å².